The van der Waals surface area contributed by atoms with E-state index < -0.39 is 0 Å². The van der Waals surface area contributed by atoms with Crippen LogP contribution in [-0.2, 0) is 11.2 Å². The average Bonchev–Trinajstić information content (AvgIpc) is 3.45. The van der Waals surface area contributed by atoms with E-state index in [0.717, 1.165) is 89.3 Å². The van der Waals surface area contributed by atoms with Gasteiger partial charge in [0.2, 0.25) is 11.9 Å². The smallest absolute Gasteiger partial charge is 0.254 e. The number of aromatic nitrogens is 2. The number of rotatable bonds is 8. The summed E-state index contributed by atoms with van der Waals surface area (Å²) >= 11 is 0. The molecule has 3 aliphatic rings. The normalized spacial score (nSPS) is 22.5. The number of likely N-dealkylation sites (tertiary alicyclic amines) is 1. The Morgan fingerprint density at radius 2 is 1.85 bits per heavy atom. The number of aliphatic hydroxyl groups excluding tert-OH is 1. The Kier molecular flexibility index (Phi) is 8.85. The summed E-state index contributed by atoms with van der Waals surface area (Å²) in [7, 11) is 0. The van der Waals surface area contributed by atoms with Crippen LogP contribution >= 0.6 is 0 Å². The molecule has 1 unspecified atom stereocenters. The number of carbonyl (C=O) groups is 1. The lowest BCUT2D eigenvalue weighted by molar-refractivity contribution is -0.137. The van der Waals surface area contributed by atoms with E-state index in [0.29, 0.717) is 5.92 Å². The Hall–Kier alpha value is -2.93. The zero-order chi connectivity index (χ0) is 27.4. The lowest BCUT2D eigenvalue weighted by Crippen LogP contribution is -2.41. The number of hydrogen-bond acceptors (Lipinski definition) is 5. The number of hydrogen-bond donors (Lipinski definition) is 1. The van der Waals surface area contributed by atoms with Gasteiger partial charge in [-0.05, 0) is 93.5 Å². The molecule has 2 aromatic rings. The highest BCUT2D eigenvalue weighted by Gasteiger charge is 2.34. The van der Waals surface area contributed by atoms with E-state index in [1.165, 1.54) is 27.8 Å². The van der Waals surface area contributed by atoms with Crippen molar-refractivity contribution in [1.29, 1.82) is 0 Å². The summed E-state index contributed by atoms with van der Waals surface area (Å²) in [5.41, 5.74) is 6.46. The van der Waals surface area contributed by atoms with Crippen molar-refractivity contribution >= 4 is 17.4 Å². The van der Waals surface area contributed by atoms with Crippen molar-refractivity contribution in [3.05, 3.63) is 52.9 Å². The SMILES string of the molecule is CCc1cnc(N2CCC(C[OH+]c3ccc(C4=C(C)CC(C(=O)N5CCC[C@@H]5CO)CC4)c(C)c3)CC2)nc1. The number of benzene rings is 1. The first-order chi connectivity index (χ1) is 19.0. The third-order valence-electron chi connectivity index (χ3n) is 9.10. The van der Waals surface area contributed by atoms with Crippen LogP contribution in [0.15, 0.2) is 36.2 Å². The third kappa shape index (κ3) is 6.29. The number of allylic oxidation sites excluding steroid dienone is 2. The average molecular weight is 534 g/mol. The Labute approximate surface area is 233 Å². The molecule has 0 saturated carbocycles. The molecular weight excluding hydrogens is 488 g/mol. The molecule has 39 heavy (non-hydrogen) atoms. The third-order valence-corrected chi connectivity index (χ3v) is 9.10. The van der Waals surface area contributed by atoms with Crippen molar-refractivity contribution in [2.75, 3.05) is 37.7 Å². The van der Waals surface area contributed by atoms with Crippen molar-refractivity contribution in [2.24, 2.45) is 11.8 Å². The summed E-state index contributed by atoms with van der Waals surface area (Å²) in [6, 6.07) is 6.63. The van der Waals surface area contributed by atoms with Crippen LogP contribution in [0.4, 0.5) is 5.95 Å². The zero-order valence-corrected chi connectivity index (χ0v) is 23.9. The van der Waals surface area contributed by atoms with Crippen LogP contribution in [0.25, 0.3) is 5.57 Å². The largest absolute Gasteiger partial charge is 0.582 e. The van der Waals surface area contributed by atoms with Crippen LogP contribution in [0.5, 0.6) is 5.75 Å². The highest BCUT2D eigenvalue weighted by atomic mass is 16.5. The number of aryl methyl sites for hydroxylation is 2. The number of anilines is 1. The van der Waals surface area contributed by atoms with Gasteiger partial charge in [-0.1, -0.05) is 12.5 Å². The molecule has 2 atom stereocenters. The van der Waals surface area contributed by atoms with E-state index >= 15 is 0 Å². The number of ether oxygens (including phenoxy) is 1. The van der Waals surface area contributed by atoms with E-state index in [-0.39, 0.29) is 24.5 Å². The van der Waals surface area contributed by atoms with Crippen LogP contribution < -0.4 is 4.90 Å². The van der Waals surface area contributed by atoms with Gasteiger partial charge in [0.05, 0.1) is 12.6 Å². The van der Waals surface area contributed by atoms with Crippen molar-refractivity contribution in [2.45, 2.75) is 78.2 Å². The first kappa shape index (κ1) is 27.6. The predicted octanol–water partition coefficient (Wildman–Crippen LogP) is 5.06. The van der Waals surface area contributed by atoms with Gasteiger partial charge in [0.25, 0.3) is 5.75 Å². The minimum Gasteiger partial charge on any atom is -0.582 e. The van der Waals surface area contributed by atoms with Gasteiger partial charge in [0.15, 0.2) is 6.61 Å². The number of aliphatic hydroxyl groups is 2. The minimum absolute atomic E-state index is 0.0150. The molecule has 2 N–H and O–H groups in total. The van der Waals surface area contributed by atoms with Crippen LogP contribution in [0.2, 0.25) is 0 Å². The summed E-state index contributed by atoms with van der Waals surface area (Å²) in [4.78, 5) is 26.5. The topological polar surface area (TPSA) is 82.4 Å². The van der Waals surface area contributed by atoms with Gasteiger partial charge in [-0.2, -0.15) is 0 Å². The molecule has 2 fully saturated rings. The molecule has 1 aromatic carbocycles. The molecule has 1 aliphatic carbocycles. The summed E-state index contributed by atoms with van der Waals surface area (Å²) in [6.45, 7) is 10.2. The predicted molar refractivity (Wildman–Crippen MR) is 156 cm³/mol. The molecule has 1 amide bonds. The lowest BCUT2D eigenvalue weighted by Gasteiger charge is -2.31. The van der Waals surface area contributed by atoms with Crippen molar-refractivity contribution in [3.63, 3.8) is 0 Å². The summed E-state index contributed by atoms with van der Waals surface area (Å²) in [6.07, 6.45) is 11.6. The minimum atomic E-state index is 0.0150. The van der Waals surface area contributed by atoms with Gasteiger partial charge in [-0.15, -0.1) is 0 Å². The van der Waals surface area contributed by atoms with Crippen molar-refractivity contribution < 1.29 is 14.6 Å². The molecule has 7 nitrogen and oxygen atoms in total. The molecule has 2 aliphatic heterocycles. The molecule has 2 saturated heterocycles. The fraction of sp³-hybridized carbons (Fsp3) is 0.594. The summed E-state index contributed by atoms with van der Waals surface area (Å²) in [5.74, 6) is 2.79. The first-order valence-corrected chi connectivity index (χ1v) is 14.9. The standard InChI is InChI=1S/C32H44N4O3/c1-4-24-18-33-32(34-19-24)35-14-11-25(12-15-35)21-39-28-8-10-30(23(3)17-28)29-9-7-26(16-22(29)2)31(38)36-13-5-6-27(36)20-37/h8,10,17-19,25-27,37H,4-7,9,11-16,20-21H2,1-3H3/p+1/t26?,27-/m1/s1. The quantitative estimate of drug-likeness (QED) is 0.480. The number of nitrogens with zero attached hydrogens (tertiary/aromatic N) is 4. The van der Waals surface area contributed by atoms with E-state index in [2.05, 4.69) is 53.8 Å². The van der Waals surface area contributed by atoms with Crippen molar-refractivity contribution in [3.8, 4) is 5.75 Å². The molecule has 5 rings (SSSR count). The number of amides is 1. The second kappa shape index (κ2) is 12.5. The molecule has 0 radical (unpaired) electrons. The molecule has 210 valence electrons. The Morgan fingerprint density at radius 3 is 2.51 bits per heavy atom. The summed E-state index contributed by atoms with van der Waals surface area (Å²) in [5, 5.41) is 9.64. The maximum absolute atomic E-state index is 13.2. The fourth-order valence-electron chi connectivity index (χ4n) is 6.58. The fourth-order valence-corrected chi connectivity index (χ4v) is 6.58. The number of carbonyl (C=O) groups excluding carboxylic acids is 1. The highest BCUT2D eigenvalue weighted by molar-refractivity contribution is 5.82. The van der Waals surface area contributed by atoms with Gasteiger partial charge >= 0.3 is 0 Å². The Balaban J connectivity index is 1.13. The van der Waals surface area contributed by atoms with E-state index in [1.54, 1.807) is 0 Å². The van der Waals surface area contributed by atoms with Gasteiger partial charge in [-0.3, -0.25) is 4.79 Å². The maximum atomic E-state index is 13.2. The molecular formula is C32H45N4O3+. The van der Waals surface area contributed by atoms with E-state index in [1.807, 2.05) is 17.3 Å². The summed E-state index contributed by atoms with van der Waals surface area (Å²) < 4.78 is 4.97. The molecule has 0 bridgehead atoms. The number of piperidine rings is 1. The highest BCUT2D eigenvalue weighted by Crippen LogP contribution is 2.39. The van der Waals surface area contributed by atoms with Crippen LogP contribution in [0.3, 0.4) is 0 Å². The lowest BCUT2D eigenvalue weighted by atomic mass is 9.80. The zero-order valence-electron chi connectivity index (χ0n) is 23.9. The maximum Gasteiger partial charge on any atom is 0.254 e. The van der Waals surface area contributed by atoms with E-state index in [4.69, 9.17) is 4.74 Å². The molecule has 7 heteroatoms. The number of aromatic hydroxyl groups is 1. The van der Waals surface area contributed by atoms with E-state index in [9.17, 15) is 9.90 Å². The second-order valence-corrected chi connectivity index (χ2v) is 11.7. The molecule has 1 aromatic heterocycles. The van der Waals surface area contributed by atoms with Gasteiger partial charge in [-0.25, -0.2) is 9.97 Å². The molecule has 0 spiro atoms. The molecule has 3 heterocycles. The van der Waals surface area contributed by atoms with Crippen LogP contribution in [0, 0.1) is 18.8 Å². The van der Waals surface area contributed by atoms with Crippen molar-refractivity contribution in [1.82, 2.24) is 14.9 Å². The monoisotopic (exact) mass is 533 g/mol. The van der Waals surface area contributed by atoms with Gasteiger partial charge in [0.1, 0.15) is 0 Å². The van der Waals surface area contributed by atoms with Crippen LogP contribution in [-0.4, -0.2) is 69.5 Å². The van der Waals surface area contributed by atoms with Crippen LogP contribution in [0.1, 0.15) is 75.5 Å². The second-order valence-electron chi connectivity index (χ2n) is 11.7. The van der Waals surface area contributed by atoms with Gasteiger partial charge in [0, 0.05) is 56.0 Å². The first-order valence-electron chi connectivity index (χ1n) is 14.9. The Bertz CT molecular complexity index is 1170. The van der Waals surface area contributed by atoms with Gasteiger partial charge < -0.3 is 19.6 Å². The Morgan fingerprint density at radius 1 is 1.08 bits per heavy atom.